The summed E-state index contributed by atoms with van der Waals surface area (Å²) in [7, 11) is -0.514. The Labute approximate surface area is 369 Å². The van der Waals surface area contributed by atoms with Gasteiger partial charge in [0.2, 0.25) is 23.6 Å². The Balaban J connectivity index is 1.37. The van der Waals surface area contributed by atoms with Crippen LogP contribution in [0.2, 0.25) is 0 Å². The summed E-state index contributed by atoms with van der Waals surface area (Å²) in [5.74, 6) is -2.49. The normalized spacial score (nSPS) is 22.5. The predicted octanol–water partition coefficient (Wildman–Crippen LogP) is 4.69. The van der Waals surface area contributed by atoms with Gasteiger partial charge in [-0.15, -0.1) is 6.58 Å². The summed E-state index contributed by atoms with van der Waals surface area (Å²) in [6.45, 7) is 14.0. The zero-order chi connectivity index (χ0) is 45.9. The molecule has 0 radical (unpaired) electrons. The van der Waals surface area contributed by atoms with Gasteiger partial charge in [-0.25, -0.2) is 13.2 Å². The number of ether oxygens (including phenoxy) is 3. The highest BCUT2D eigenvalue weighted by molar-refractivity contribution is 7.92. The number of nitrogens with zero attached hydrogens (tertiary/aromatic N) is 2. The third-order valence-electron chi connectivity index (χ3n) is 11.8. The number of alkyl carbamates (subject to hydrolysis) is 1. The van der Waals surface area contributed by atoms with Crippen molar-refractivity contribution in [3.63, 3.8) is 0 Å². The number of carbonyl (C=O) groups excluding carboxylic acids is 5. The van der Waals surface area contributed by atoms with E-state index < -0.39 is 85.9 Å². The fraction of sp³-hybridized carbons (Fsp3) is 0.468. The molecular weight excluding hydrogens is 827 g/mol. The van der Waals surface area contributed by atoms with Gasteiger partial charge in [-0.2, -0.15) is 0 Å². The maximum Gasteiger partial charge on any atom is 0.408 e. The summed E-state index contributed by atoms with van der Waals surface area (Å²) in [5, 5.41) is 7.50. The van der Waals surface area contributed by atoms with Gasteiger partial charge in [0.1, 0.15) is 46.7 Å². The van der Waals surface area contributed by atoms with Gasteiger partial charge in [0.05, 0.1) is 25.4 Å². The molecule has 1 aliphatic heterocycles. The van der Waals surface area contributed by atoms with Crippen LogP contribution in [0.15, 0.2) is 85.5 Å². The van der Waals surface area contributed by atoms with Crippen molar-refractivity contribution in [3.8, 4) is 5.75 Å². The first-order valence-electron chi connectivity index (χ1n) is 21.2. The first-order chi connectivity index (χ1) is 29.8. The van der Waals surface area contributed by atoms with Crippen LogP contribution in [0.4, 0.5) is 4.79 Å². The number of aryl methyl sites for hydroxylation is 1. The van der Waals surface area contributed by atoms with Gasteiger partial charge in [0, 0.05) is 24.9 Å². The van der Waals surface area contributed by atoms with E-state index >= 15 is 0 Å². The van der Waals surface area contributed by atoms with Gasteiger partial charge in [-0.05, 0) is 107 Å². The Bertz CT molecular complexity index is 2320. The zero-order valence-electron chi connectivity index (χ0n) is 36.9. The largest absolute Gasteiger partial charge is 0.497 e. The van der Waals surface area contributed by atoms with Gasteiger partial charge in [0.25, 0.3) is 0 Å². The molecule has 63 heavy (non-hydrogen) atoms. The number of allylic oxidation sites excluding steroid dienone is 3. The Morgan fingerprint density at radius 2 is 1.76 bits per heavy atom. The van der Waals surface area contributed by atoms with Gasteiger partial charge in [-0.3, -0.25) is 19.2 Å². The summed E-state index contributed by atoms with van der Waals surface area (Å²) < 4.78 is 43.4. The van der Waals surface area contributed by atoms with Crippen LogP contribution >= 0.6 is 0 Å². The molecule has 1 heterocycles. The van der Waals surface area contributed by atoms with Crippen molar-refractivity contribution in [2.75, 3.05) is 33.1 Å². The van der Waals surface area contributed by atoms with E-state index in [0.717, 1.165) is 40.3 Å². The highest BCUT2D eigenvalue weighted by Gasteiger charge is 2.61. The second-order valence-electron chi connectivity index (χ2n) is 17.7. The zero-order valence-corrected chi connectivity index (χ0v) is 37.7. The van der Waals surface area contributed by atoms with E-state index in [0.29, 0.717) is 30.8 Å². The van der Waals surface area contributed by atoms with Crippen molar-refractivity contribution >= 4 is 50.9 Å². The molecule has 0 bridgehead atoms. The molecule has 3 N–H and O–H groups in total. The standard InChI is InChI=1S/C47H59N5O10S/c1-9-32-25-47(32,44(56)48-28-63(58,59)35-19-20-35)50-42(54)39-23-34(26-52(39)43(55)38(27-51(7)41(53)10-2)49-45(57)62-46(4,5)6)61-40-24-37(30-14-12-11-13-15-30)29(3)16-17-31-22-33(60-8)18-21-36(31)40/h9-15,18,21-22,24,32,34-35,38-39H,1-2,16-17,19-20,23,25-28H2,3-8H3,(H,48,56)(H,49,57)(H,50,54). The van der Waals surface area contributed by atoms with Crippen LogP contribution in [0.25, 0.3) is 11.3 Å². The van der Waals surface area contributed by atoms with Crippen LogP contribution in [-0.4, -0.2) is 116 Å². The first-order valence-corrected chi connectivity index (χ1v) is 22.9. The Hall–Kier alpha value is -5.90. The molecule has 0 aromatic heterocycles. The molecule has 2 aromatic rings. The molecule has 5 atom stereocenters. The van der Waals surface area contributed by atoms with E-state index in [4.69, 9.17) is 14.2 Å². The lowest BCUT2D eigenvalue weighted by molar-refractivity contribution is -0.142. The summed E-state index contributed by atoms with van der Waals surface area (Å²) in [6.07, 6.45) is 5.52. The van der Waals surface area contributed by atoms with Crippen LogP contribution < -0.4 is 20.7 Å². The predicted molar refractivity (Wildman–Crippen MR) is 238 cm³/mol. The topological polar surface area (TPSA) is 190 Å². The van der Waals surface area contributed by atoms with E-state index in [1.807, 2.05) is 54.6 Å². The fourth-order valence-corrected chi connectivity index (χ4v) is 9.52. The Morgan fingerprint density at radius 1 is 1.05 bits per heavy atom. The number of sulfone groups is 1. The summed E-state index contributed by atoms with van der Waals surface area (Å²) in [6, 6.07) is 13.0. The molecule has 0 spiro atoms. The molecule has 4 aliphatic rings. The number of carbonyl (C=O) groups is 5. The molecule has 3 fully saturated rings. The number of nitrogens with one attached hydrogen (secondary N) is 3. The van der Waals surface area contributed by atoms with Crippen molar-refractivity contribution in [2.45, 2.75) is 101 Å². The van der Waals surface area contributed by atoms with Crippen molar-refractivity contribution in [2.24, 2.45) is 5.92 Å². The summed E-state index contributed by atoms with van der Waals surface area (Å²) in [5.41, 5.74) is 2.42. The molecule has 6 rings (SSSR count). The molecule has 3 aliphatic carbocycles. The van der Waals surface area contributed by atoms with Crippen molar-refractivity contribution in [1.29, 1.82) is 0 Å². The molecular formula is C47H59N5O10S. The van der Waals surface area contributed by atoms with Crippen molar-refractivity contribution < 1.29 is 46.6 Å². The maximum atomic E-state index is 14.9. The molecule has 5 unspecified atom stereocenters. The SMILES string of the molecule is C=CC(=O)N(C)CC(NC(=O)OC(C)(C)C)C(=O)N1CC(OC2=CC(c3ccccc3)=C(C)CCc3cc(OC)ccc32)CC1C(=O)NC1(C(=O)NCS(=O)(=O)C2CC2)CC1C=C. The first kappa shape index (κ1) is 46.6. The van der Waals surface area contributed by atoms with Crippen LogP contribution in [-0.2, 0) is 44.9 Å². The minimum atomic E-state index is -3.56. The minimum absolute atomic E-state index is 0.0309. The van der Waals surface area contributed by atoms with Crippen LogP contribution in [0.1, 0.15) is 76.5 Å². The average molecular weight is 886 g/mol. The second kappa shape index (κ2) is 18.8. The average Bonchev–Trinajstić information content (AvgIpc) is 4.18. The highest BCUT2D eigenvalue weighted by atomic mass is 32.2. The number of amides is 5. The molecule has 2 saturated carbocycles. The molecule has 2 aromatic carbocycles. The van der Waals surface area contributed by atoms with Crippen LogP contribution in [0.3, 0.4) is 0 Å². The van der Waals surface area contributed by atoms with Crippen molar-refractivity contribution in [1.82, 2.24) is 25.8 Å². The van der Waals surface area contributed by atoms with Crippen molar-refractivity contribution in [3.05, 3.63) is 102 Å². The lowest BCUT2D eigenvalue weighted by atomic mass is 9.90. The fourth-order valence-electron chi connectivity index (χ4n) is 8.09. The molecule has 338 valence electrons. The van der Waals surface area contributed by atoms with E-state index in [2.05, 4.69) is 36.0 Å². The maximum absolute atomic E-state index is 14.9. The third kappa shape index (κ3) is 11.0. The van der Waals surface area contributed by atoms with Crippen LogP contribution in [0.5, 0.6) is 5.75 Å². The van der Waals surface area contributed by atoms with E-state index in [1.54, 1.807) is 27.9 Å². The van der Waals surface area contributed by atoms with E-state index in [9.17, 15) is 32.4 Å². The number of likely N-dealkylation sites (N-methyl/N-ethyl adjacent to an activating group) is 1. The molecule has 1 saturated heterocycles. The minimum Gasteiger partial charge on any atom is -0.497 e. The number of methoxy groups -OCH3 is 1. The highest BCUT2D eigenvalue weighted by Crippen LogP contribution is 2.45. The smallest absolute Gasteiger partial charge is 0.408 e. The van der Waals surface area contributed by atoms with Gasteiger partial charge in [0.15, 0.2) is 9.84 Å². The monoisotopic (exact) mass is 885 g/mol. The molecule has 16 heteroatoms. The van der Waals surface area contributed by atoms with Gasteiger partial charge < -0.3 is 40.0 Å². The van der Waals surface area contributed by atoms with E-state index in [-0.39, 0.29) is 25.9 Å². The van der Waals surface area contributed by atoms with Gasteiger partial charge >= 0.3 is 6.09 Å². The number of fused-ring (bicyclic) bond motifs is 1. The number of hydrogen-bond acceptors (Lipinski definition) is 10. The van der Waals surface area contributed by atoms with Crippen LogP contribution in [0, 0.1) is 5.92 Å². The number of rotatable bonds is 16. The molecule has 5 amide bonds. The quantitative estimate of drug-likeness (QED) is 0.158. The number of likely N-dealkylation sites (tertiary alicyclic amines) is 1. The Kier molecular flexibility index (Phi) is 13.9. The number of hydrogen-bond donors (Lipinski definition) is 3. The summed E-state index contributed by atoms with van der Waals surface area (Å²) in [4.78, 5) is 71.7. The Morgan fingerprint density at radius 3 is 2.38 bits per heavy atom. The lowest BCUT2D eigenvalue weighted by Crippen LogP contribution is -2.59. The lowest BCUT2D eigenvalue weighted by Gasteiger charge is -2.31. The second-order valence-corrected chi connectivity index (χ2v) is 20.0. The molecule has 15 nitrogen and oxygen atoms in total. The third-order valence-corrected chi connectivity index (χ3v) is 13.9. The summed E-state index contributed by atoms with van der Waals surface area (Å²) >= 11 is 0. The number of benzene rings is 2. The van der Waals surface area contributed by atoms with Gasteiger partial charge in [-0.1, -0.05) is 48.6 Å². The van der Waals surface area contributed by atoms with E-state index in [1.165, 1.54) is 22.9 Å².